The Labute approximate surface area is 128 Å². The predicted octanol–water partition coefficient (Wildman–Crippen LogP) is 3.68. The molecule has 21 heavy (non-hydrogen) atoms. The largest absolute Gasteiger partial charge is 0.286 e. The number of thioether (sulfide) groups is 1. The van der Waals surface area contributed by atoms with Crippen LogP contribution in [0.4, 0.5) is 0 Å². The van der Waals surface area contributed by atoms with E-state index in [1.807, 2.05) is 18.1 Å². The maximum Gasteiger partial charge on any atom is 0.286 e. The first kappa shape index (κ1) is 12.8. The van der Waals surface area contributed by atoms with Crippen LogP contribution in [0.15, 0.2) is 47.6 Å². The van der Waals surface area contributed by atoms with E-state index in [0.29, 0.717) is 0 Å². The maximum absolute atomic E-state index is 4.58. The lowest BCUT2D eigenvalue weighted by molar-refractivity contribution is -0.665. The van der Waals surface area contributed by atoms with Gasteiger partial charge in [-0.3, -0.25) is 0 Å². The molecule has 0 bridgehead atoms. The predicted molar refractivity (Wildman–Crippen MR) is 87.5 cm³/mol. The Morgan fingerprint density at radius 1 is 1.14 bits per heavy atom. The minimum Gasteiger partial charge on any atom is -0.231 e. The number of nitrogens with zero attached hydrogens (tertiary/aromatic N) is 2. The number of benzene rings is 2. The highest BCUT2D eigenvalue weighted by molar-refractivity contribution is 7.99. The minimum absolute atomic E-state index is 1.08. The summed E-state index contributed by atoms with van der Waals surface area (Å²) in [5.74, 6) is 1.14. The zero-order chi connectivity index (χ0) is 14.4. The molecule has 0 atom stereocenters. The van der Waals surface area contributed by atoms with Gasteiger partial charge >= 0.3 is 0 Å². The Balaban J connectivity index is 2.04. The van der Waals surface area contributed by atoms with Crippen molar-refractivity contribution in [2.75, 3.05) is 5.75 Å². The number of hydrogen-bond donors (Lipinski definition) is 0. The molecular formula is C18H17N2S+. The van der Waals surface area contributed by atoms with Gasteiger partial charge in [-0.2, -0.15) is 0 Å². The van der Waals surface area contributed by atoms with E-state index >= 15 is 0 Å². The first-order valence-electron chi connectivity index (χ1n) is 7.25. The van der Waals surface area contributed by atoms with Crippen molar-refractivity contribution < 1.29 is 4.57 Å². The highest BCUT2D eigenvalue weighted by Gasteiger charge is 2.26. The molecular weight excluding hydrogens is 276 g/mol. The first-order valence-corrected chi connectivity index (χ1v) is 8.23. The summed E-state index contributed by atoms with van der Waals surface area (Å²) in [7, 11) is 2.09. The molecule has 0 N–H and O–H groups in total. The van der Waals surface area contributed by atoms with E-state index in [0.717, 1.165) is 12.2 Å². The number of fused-ring (bicyclic) bond motifs is 2. The fraction of sp³-hybridized carbons (Fsp3) is 0.222. The lowest BCUT2D eigenvalue weighted by atomic mass is 9.97. The van der Waals surface area contributed by atoms with Crippen molar-refractivity contribution in [2.24, 2.45) is 7.05 Å². The van der Waals surface area contributed by atoms with Crippen LogP contribution >= 0.6 is 11.8 Å². The fourth-order valence-electron chi connectivity index (χ4n) is 3.14. The van der Waals surface area contributed by atoms with Gasteiger partial charge in [0.2, 0.25) is 0 Å². The Bertz CT molecular complexity index is 855. The molecule has 0 fully saturated rings. The lowest BCUT2D eigenvalue weighted by Crippen LogP contribution is -2.32. The van der Waals surface area contributed by atoms with Crippen molar-refractivity contribution in [3.05, 3.63) is 54.0 Å². The van der Waals surface area contributed by atoms with Gasteiger partial charge in [0, 0.05) is 17.7 Å². The molecule has 0 saturated heterocycles. The zero-order valence-corrected chi connectivity index (χ0v) is 13.1. The molecule has 3 heteroatoms. The molecule has 2 nitrogen and oxygen atoms in total. The van der Waals surface area contributed by atoms with E-state index in [2.05, 4.69) is 59.9 Å². The van der Waals surface area contributed by atoms with E-state index in [1.54, 1.807) is 0 Å². The third kappa shape index (κ3) is 1.95. The second-order valence-electron chi connectivity index (χ2n) is 5.54. The number of aromatic nitrogens is 2. The summed E-state index contributed by atoms with van der Waals surface area (Å²) in [6.45, 7) is 2.23. The monoisotopic (exact) mass is 293 g/mol. The zero-order valence-electron chi connectivity index (χ0n) is 12.3. The summed E-state index contributed by atoms with van der Waals surface area (Å²) >= 11 is 1.93. The summed E-state index contributed by atoms with van der Waals surface area (Å²) in [6, 6.07) is 13.1. The number of rotatable bonds is 1. The quantitative estimate of drug-likeness (QED) is 0.637. The van der Waals surface area contributed by atoms with Crippen LogP contribution in [0.2, 0.25) is 0 Å². The third-order valence-corrected chi connectivity index (χ3v) is 5.38. The molecule has 1 aromatic heterocycles. The molecule has 0 amide bonds. The van der Waals surface area contributed by atoms with Crippen molar-refractivity contribution in [1.82, 2.24) is 4.98 Å². The van der Waals surface area contributed by atoms with Gasteiger partial charge in [-0.15, -0.1) is 11.8 Å². The summed E-state index contributed by atoms with van der Waals surface area (Å²) in [5, 5.41) is 2.64. The second-order valence-corrected chi connectivity index (χ2v) is 6.64. The SMILES string of the molecule is Cc1c(-c2c3c(nc[n+]2C)CCS3)ccc2ccccc12. The maximum atomic E-state index is 4.58. The van der Waals surface area contributed by atoms with Gasteiger partial charge < -0.3 is 0 Å². The highest BCUT2D eigenvalue weighted by Crippen LogP contribution is 2.38. The lowest BCUT2D eigenvalue weighted by Gasteiger charge is -2.11. The number of hydrogen-bond acceptors (Lipinski definition) is 2. The van der Waals surface area contributed by atoms with Crippen molar-refractivity contribution in [3.8, 4) is 11.3 Å². The van der Waals surface area contributed by atoms with Crippen molar-refractivity contribution in [2.45, 2.75) is 18.2 Å². The Kier molecular flexibility index (Phi) is 2.96. The van der Waals surface area contributed by atoms with Crippen LogP contribution in [-0.4, -0.2) is 10.7 Å². The normalized spacial score (nSPS) is 13.6. The topological polar surface area (TPSA) is 16.8 Å². The molecule has 0 spiro atoms. The molecule has 104 valence electrons. The molecule has 0 unspecified atom stereocenters. The van der Waals surface area contributed by atoms with E-state index in [-0.39, 0.29) is 0 Å². The average molecular weight is 293 g/mol. The Morgan fingerprint density at radius 3 is 2.90 bits per heavy atom. The minimum atomic E-state index is 1.08. The van der Waals surface area contributed by atoms with E-state index in [4.69, 9.17) is 0 Å². The summed E-state index contributed by atoms with van der Waals surface area (Å²) in [4.78, 5) is 5.94. The standard InChI is InChI=1S/C18H17N2S/c1-12-14-6-4-3-5-13(14)7-8-15(12)17-18-16(9-10-21-18)19-11-20(17)2/h3-8,11H,9-10H2,1-2H3/q+1. The Morgan fingerprint density at radius 2 is 2.00 bits per heavy atom. The van der Waals surface area contributed by atoms with Crippen molar-refractivity contribution in [1.29, 1.82) is 0 Å². The molecule has 2 heterocycles. The molecule has 1 aliphatic heterocycles. The third-order valence-electron chi connectivity index (χ3n) is 4.26. The summed E-state index contributed by atoms with van der Waals surface area (Å²) < 4.78 is 2.16. The molecule has 2 aromatic carbocycles. The first-order chi connectivity index (χ1) is 10.3. The van der Waals surface area contributed by atoms with E-state index < -0.39 is 0 Å². The Hall–Kier alpha value is -1.87. The van der Waals surface area contributed by atoms with E-state index in [1.165, 1.54) is 38.2 Å². The van der Waals surface area contributed by atoms with Gasteiger partial charge in [0.15, 0.2) is 11.4 Å². The molecule has 4 rings (SSSR count). The van der Waals surface area contributed by atoms with Crippen LogP contribution in [-0.2, 0) is 13.5 Å². The molecule has 0 saturated carbocycles. The molecule has 3 aromatic rings. The molecule has 1 aliphatic rings. The van der Waals surface area contributed by atoms with Crippen LogP contribution in [0, 0.1) is 6.92 Å². The molecule has 0 aliphatic carbocycles. The van der Waals surface area contributed by atoms with Crippen LogP contribution in [0.1, 0.15) is 11.3 Å². The van der Waals surface area contributed by atoms with Crippen molar-refractivity contribution >= 4 is 22.5 Å². The van der Waals surface area contributed by atoms with Crippen LogP contribution in [0.3, 0.4) is 0 Å². The van der Waals surface area contributed by atoms with Gasteiger partial charge in [0.05, 0.1) is 7.05 Å². The smallest absolute Gasteiger partial charge is 0.231 e. The van der Waals surface area contributed by atoms with Gasteiger partial charge in [-0.1, -0.05) is 35.3 Å². The van der Waals surface area contributed by atoms with Gasteiger partial charge in [0.25, 0.3) is 6.33 Å². The van der Waals surface area contributed by atoms with Gasteiger partial charge in [-0.05, 0) is 29.3 Å². The molecule has 0 radical (unpaired) electrons. The van der Waals surface area contributed by atoms with Crippen LogP contribution in [0.25, 0.3) is 22.0 Å². The summed E-state index contributed by atoms with van der Waals surface area (Å²) in [5.41, 5.74) is 5.24. The average Bonchev–Trinajstić information content (AvgIpc) is 2.97. The number of aryl methyl sites for hydroxylation is 3. The highest BCUT2D eigenvalue weighted by atomic mass is 32.2. The van der Waals surface area contributed by atoms with E-state index in [9.17, 15) is 0 Å². The van der Waals surface area contributed by atoms with Crippen molar-refractivity contribution in [3.63, 3.8) is 0 Å². The summed E-state index contributed by atoms with van der Waals surface area (Å²) in [6.07, 6.45) is 3.04. The van der Waals surface area contributed by atoms with Crippen LogP contribution < -0.4 is 4.57 Å². The van der Waals surface area contributed by atoms with Crippen LogP contribution in [0.5, 0.6) is 0 Å². The fourth-order valence-corrected chi connectivity index (χ4v) is 4.36. The van der Waals surface area contributed by atoms with Gasteiger partial charge in [0.1, 0.15) is 4.90 Å². The van der Waals surface area contributed by atoms with Gasteiger partial charge in [-0.25, -0.2) is 4.57 Å². The second kappa shape index (κ2) is 4.85.